The molecule has 0 amide bonds. The number of hydrogen-bond acceptors (Lipinski definition) is 6. The lowest BCUT2D eigenvalue weighted by Crippen LogP contribution is -2.15. The normalized spacial score (nSPS) is 17.1. The van der Waals surface area contributed by atoms with E-state index in [9.17, 15) is 0 Å². The molecule has 3 rings (SSSR count). The number of ether oxygens (including phenoxy) is 1. The Labute approximate surface area is 104 Å². The quantitative estimate of drug-likeness (QED) is 0.864. The minimum Gasteiger partial charge on any atom is -0.396 e. The molecule has 0 unspecified atom stereocenters. The van der Waals surface area contributed by atoms with Gasteiger partial charge in [0.1, 0.15) is 6.54 Å². The average Bonchev–Trinajstić information content (AvgIpc) is 3.01. The topological polar surface area (TPSA) is 92.0 Å². The van der Waals surface area contributed by atoms with Crippen LogP contribution in [0.4, 0.5) is 5.69 Å². The number of aromatic nitrogens is 4. The van der Waals surface area contributed by atoms with Crippen molar-refractivity contribution in [3.63, 3.8) is 0 Å². The number of anilines is 1. The van der Waals surface area contributed by atoms with Crippen molar-refractivity contribution in [1.29, 1.82) is 0 Å². The molecule has 0 radical (unpaired) electrons. The molecule has 0 bridgehead atoms. The minimum absolute atomic E-state index is 0.346. The van der Waals surface area contributed by atoms with Crippen molar-refractivity contribution in [2.24, 2.45) is 0 Å². The molecule has 0 saturated carbocycles. The van der Waals surface area contributed by atoms with E-state index in [1.54, 1.807) is 17.1 Å². The summed E-state index contributed by atoms with van der Waals surface area (Å²) < 4.78 is 12.2. The van der Waals surface area contributed by atoms with Gasteiger partial charge >= 0.3 is 0 Å². The summed E-state index contributed by atoms with van der Waals surface area (Å²) in [4.78, 5) is 4.40. The van der Waals surface area contributed by atoms with Gasteiger partial charge in [-0.15, -0.1) is 0 Å². The molecule has 7 heteroatoms. The van der Waals surface area contributed by atoms with Gasteiger partial charge in [0.05, 0.1) is 11.9 Å². The molecular weight excluding hydrogens is 234 g/mol. The van der Waals surface area contributed by atoms with Crippen LogP contribution in [0.5, 0.6) is 0 Å². The molecule has 0 aromatic carbocycles. The Morgan fingerprint density at radius 2 is 2.22 bits per heavy atom. The van der Waals surface area contributed by atoms with E-state index in [4.69, 9.17) is 15.0 Å². The zero-order valence-electron chi connectivity index (χ0n) is 9.95. The zero-order chi connectivity index (χ0) is 12.4. The van der Waals surface area contributed by atoms with Crippen LogP contribution in [0.15, 0.2) is 16.9 Å². The van der Waals surface area contributed by atoms with E-state index in [1.807, 2.05) is 0 Å². The highest BCUT2D eigenvalue weighted by Crippen LogP contribution is 2.24. The molecule has 1 saturated heterocycles. The van der Waals surface area contributed by atoms with Crippen molar-refractivity contribution in [3.05, 3.63) is 24.1 Å². The maximum absolute atomic E-state index is 5.59. The van der Waals surface area contributed by atoms with Crippen LogP contribution in [0, 0.1) is 0 Å². The van der Waals surface area contributed by atoms with Gasteiger partial charge in [-0.1, -0.05) is 5.16 Å². The summed E-state index contributed by atoms with van der Waals surface area (Å²) in [5.74, 6) is 1.67. The van der Waals surface area contributed by atoms with Gasteiger partial charge in [-0.05, 0) is 12.8 Å². The summed E-state index contributed by atoms with van der Waals surface area (Å²) in [6.45, 7) is 1.99. The maximum Gasteiger partial charge on any atom is 0.248 e. The van der Waals surface area contributed by atoms with Crippen LogP contribution >= 0.6 is 0 Å². The van der Waals surface area contributed by atoms with E-state index in [0.29, 0.717) is 24.0 Å². The van der Waals surface area contributed by atoms with Crippen molar-refractivity contribution in [1.82, 2.24) is 19.9 Å². The molecule has 1 aliphatic heterocycles. The first-order valence-electron chi connectivity index (χ1n) is 5.99. The Kier molecular flexibility index (Phi) is 2.97. The summed E-state index contributed by atoms with van der Waals surface area (Å²) in [6, 6.07) is 0. The maximum atomic E-state index is 5.59. The summed E-state index contributed by atoms with van der Waals surface area (Å²) in [6.07, 6.45) is 5.23. The van der Waals surface area contributed by atoms with Gasteiger partial charge in [0, 0.05) is 25.3 Å². The van der Waals surface area contributed by atoms with Gasteiger partial charge in [-0.3, -0.25) is 4.68 Å². The largest absolute Gasteiger partial charge is 0.396 e. The third-order valence-electron chi connectivity index (χ3n) is 3.02. The van der Waals surface area contributed by atoms with Crippen molar-refractivity contribution in [2.75, 3.05) is 18.9 Å². The second kappa shape index (κ2) is 4.77. The van der Waals surface area contributed by atoms with Crippen LogP contribution in [0.2, 0.25) is 0 Å². The highest BCUT2D eigenvalue weighted by atomic mass is 16.5. The molecule has 18 heavy (non-hydrogen) atoms. The lowest BCUT2D eigenvalue weighted by Gasteiger charge is -2.18. The fraction of sp³-hybridized carbons (Fsp3) is 0.545. The Bertz CT molecular complexity index is 515. The highest BCUT2D eigenvalue weighted by molar-refractivity contribution is 5.30. The molecule has 2 N–H and O–H groups in total. The molecule has 1 fully saturated rings. The molecule has 2 aromatic heterocycles. The molecule has 3 heterocycles. The molecule has 0 spiro atoms. The van der Waals surface area contributed by atoms with Crippen LogP contribution in [0.25, 0.3) is 0 Å². The second-order valence-corrected chi connectivity index (χ2v) is 4.40. The predicted molar refractivity (Wildman–Crippen MR) is 62.8 cm³/mol. The van der Waals surface area contributed by atoms with Crippen LogP contribution < -0.4 is 5.73 Å². The number of nitrogens with two attached hydrogens (primary N) is 1. The highest BCUT2D eigenvalue weighted by Gasteiger charge is 2.21. The van der Waals surface area contributed by atoms with E-state index >= 15 is 0 Å². The van der Waals surface area contributed by atoms with Gasteiger partial charge in [0.15, 0.2) is 5.82 Å². The molecular formula is C11H15N5O2. The van der Waals surface area contributed by atoms with E-state index in [0.717, 1.165) is 31.9 Å². The first-order valence-corrected chi connectivity index (χ1v) is 5.99. The number of rotatable bonds is 3. The third-order valence-corrected chi connectivity index (χ3v) is 3.02. The van der Waals surface area contributed by atoms with E-state index in [2.05, 4.69) is 15.2 Å². The zero-order valence-corrected chi connectivity index (χ0v) is 9.95. The van der Waals surface area contributed by atoms with Crippen molar-refractivity contribution < 1.29 is 9.26 Å². The SMILES string of the molecule is Nc1cnn(Cc2nc(C3CCOCC3)no2)c1. The fourth-order valence-electron chi connectivity index (χ4n) is 2.06. The first kappa shape index (κ1) is 11.2. The van der Waals surface area contributed by atoms with Gasteiger partial charge in [-0.2, -0.15) is 10.1 Å². The summed E-state index contributed by atoms with van der Waals surface area (Å²) in [7, 11) is 0. The average molecular weight is 249 g/mol. The lowest BCUT2D eigenvalue weighted by atomic mass is 10.00. The van der Waals surface area contributed by atoms with Gasteiger partial charge in [-0.25, -0.2) is 0 Å². The Morgan fingerprint density at radius 1 is 1.39 bits per heavy atom. The molecule has 0 atom stereocenters. The monoisotopic (exact) mass is 249 g/mol. The van der Waals surface area contributed by atoms with Gasteiger partial charge < -0.3 is 15.0 Å². The van der Waals surface area contributed by atoms with Crippen molar-refractivity contribution in [3.8, 4) is 0 Å². The molecule has 2 aromatic rings. The fourth-order valence-corrected chi connectivity index (χ4v) is 2.06. The summed E-state index contributed by atoms with van der Waals surface area (Å²) in [5.41, 5.74) is 6.21. The Hall–Kier alpha value is -1.89. The standard InChI is InChI=1S/C11H15N5O2/c12-9-5-13-16(6-9)7-10-14-11(15-18-10)8-1-3-17-4-2-8/h5-6,8H,1-4,7,12H2. The van der Waals surface area contributed by atoms with Crippen LogP contribution in [-0.4, -0.2) is 33.1 Å². The number of nitrogen functional groups attached to an aromatic ring is 1. The third kappa shape index (κ3) is 2.35. The molecule has 96 valence electrons. The first-order chi connectivity index (χ1) is 8.81. The predicted octanol–water partition coefficient (Wildman–Crippen LogP) is 0.791. The minimum atomic E-state index is 0.346. The Morgan fingerprint density at radius 3 is 2.94 bits per heavy atom. The van der Waals surface area contributed by atoms with Crippen molar-refractivity contribution in [2.45, 2.75) is 25.3 Å². The molecule has 0 aliphatic carbocycles. The number of nitrogens with zero attached hydrogens (tertiary/aromatic N) is 4. The lowest BCUT2D eigenvalue weighted by molar-refractivity contribution is 0.0830. The molecule has 7 nitrogen and oxygen atoms in total. The molecule has 1 aliphatic rings. The summed E-state index contributed by atoms with van der Waals surface area (Å²) in [5, 5.41) is 8.11. The van der Waals surface area contributed by atoms with Crippen molar-refractivity contribution >= 4 is 5.69 Å². The van der Waals surface area contributed by atoms with Crippen LogP contribution in [0.1, 0.15) is 30.5 Å². The van der Waals surface area contributed by atoms with Crippen LogP contribution in [0.3, 0.4) is 0 Å². The van der Waals surface area contributed by atoms with E-state index < -0.39 is 0 Å². The van der Waals surface area contributed by atoms with E-state index in [-0.39, 0.29) is 0 Å². The number of hydrogen-bond donors (Lipinski definition) is 1. The Balaban J connectivity index is 1.69. The second-order valence-electron chi connectivity index (χ2n) is 4.40. The smallest absolute Gasteiger partial charge is 0.248 e. The van der Waals surface area contributed by atoms with E-state index in [1.165, 1.54) is 0 Å². The van der Waals surface area contributed by atoms with Crippen LogP contribution in [-0.2, 0) is 11.3 Å². The van der Waals surface area contributed by atoms with Gasteiger partial charge in [0.2, 0.25) is 5.89 Å². The summed E-state index contributed by atoms with van der Waals surface area (Å²) >= 11 is 0. The van der Waals surface area contributed by atoms with Gasteiger partial charge in [0.25, 0.3) is 0 Å².